The minimum absolute atomic E-state index is 0.468. The van der Waals surface area contributed by atoms with Crippen molar-refractivity contribution in [2.24, 2.45) is 5.73 Å². The highest BCUT2D eigenvalue weighted by molar-refractivity contribution is 9.10. The van der Waals surface area contributed by atoms with Gasteiger partial charge in [-0.05, 0) is 27.6 Å². The smallest absolute Gasteiger partial charge is 0.327 e. The molecule has 0 aromatic carbocycles. The molecule has 5 heteroatoms. The first-order valence-corrected chi connectivity index (χ1v) is 4.39. The molecule has 1 atom stereocenters. The van der Waals surface area contributed by atoms with Crippen LogP contribution in [-0.2, 0) is 9.53 Å². The number of rotatable bonds is 2. The Morgan fingerprint density at radius 2 is 2.38 bits per heavy atom. The molecule has 0 bridgehead atoms. The van der Waals surface area contributed by atoms with E-state index in [1.807, 2.05) is 0 Å². The van der Waals surface area contributed by atoms with Gasteiger partial charge in [-0.25, -0.2) is 4.98 Å². The van der Waals surface area contributed by atoms with Gasteiger partial charge in [-0.2, -0.15) is 0 Å². The van der Waals surface area contributed by atoms with E-state index in [0.717, 1.165) is 0 Å². The third kappa shape index (κ3) is 2.50. The van der Waals surface area contributed by atoms with Gasteiger partial charge in [0.25, 0.3) is 0 Å². The number of methoxy groups -OCH3 is 1. The lowest BCUT2D eigenvalue weighted by atomic mass is 10.1. The van der Waals surface area contributed by atoms with Crippen molar-refractivity contribution in [2.45, 2.75) is 6.04 Å². The van der Waals surface area contributed by atoms with Crippen molar-refractivity contribution in [3.05, 3.63) is 28.5 Å². The Bertz CT molecular complexity index is 300. The van der Waals surface area contributed by atoms with Gasteiger partial charge >= 0.3 is 5.97 Å². The molecular weight excluding hydrogens is 236 g/mol. The number of esters is 1. The summed E-state index contributed by atoms with van der Waals surface area (Å²) in [5.74, 6) is -0.468. The number of nitrogens with zero attached hydrogens (tertiary/aromatic N) is 1. The fourth-order valence-corrected chi connectivity index (χ4v) is 1.07. The van der Waals surface area contributed by atoms with Crippen LogP contribution in [0.1, 0.15) is 11.6 Å². The van der Waals surface area contributed by atoms with Gasteiger partial charge in [0.1, 0.15) is 10.6 Å². The van der Waals surface area contributed by atoms with Crippen LogP contribution in [0.5, 0.6) is 0 Å². The van der Waals surface area contributed by atoms with Crippen molar-refractivity contribution in [2.75, 3.05) is 7.11 Å². The first kappa shape index (κ1) is 10.1. The van der Waals surface area contributed by atoms with Gasteiger partial charge in [0.2, 0.25) is 0 Å². The third-order valence-electron chi connectivity index (χ3n) is 1.56. The standard InChI is InChI=1S/C8H9BrN2O2/c1-13-8(12)7(10)5-2-3-6(9)11-4-5/h2-4,7H,10H2,1H3/t7-/m1/s1. The van der Waals surface area contributed by atoms with Crippen LogP contribution < -0.4 is 5.73 Å². The van der Waals surface area contributed by atoms with Crippen molar-refractivity contribution >= 4 is 21.9 Å². The lowest BCUT2D eigenvalue weighted by molar-refractivity contribution is -0.142. The molecule has 2 N–H and O–H groups in total. The number of ether oxygens (including phenoxy) is 1. The lowest BCUT2D eigenvalue weighted by Crippen LogP contribution is -2.22. The zero-order valence-corrected chi connectivity index (χ0v) is 8.61. The molecule has 70 valence electrons. The molecule has 4 nitrogen and oxygen atoms in total. The predicted octanol–water partition coefficient (Wildman–Crippen LogP) is 1.02. The highest BCUT2D eigenvalue weighted by Crippen LogP contribution is 2.13. The number of halogens is 1. The zero-order chi connectivity index (χ0) is 9.84. The molecule has 0 saturated carbocycles. The molecule has 0 spiro atoms. The Morgan fingerprint density at radius 3 is 2.85 bits per heavy atom. The van der Waals surface area contributed by atoms with Crippen LogP contribution in [0.4, 0.5) is 0 Å². The summed E-state index contributed by atoms with van der Waals surface area (Å²) >= 11 is 3.18. The molecule has 0 unspecified atom stereocenters. The van der Waals surface area contributed by atoms with E-state index in [9.17, 15) is 4.79 Å². The SMILES string of the molecule is COC(=O)[C@H](N)c1ccc(Br)nc1. The van der Waals surface area contributed by atoms with Crippen molar-refractivity contribution in [1.29, 1.82) is 0 Å². The first-order chi connectivity index (χ1) is 6.15. The number of carbonyl (C=O) groups is 1. The van der Waals surface area contributed by atoms with E-state index in [1.54, 1.807) is 12.1 Å². The third-order valence-corrected chi connectivity index (χ3v) is 2.03. The summed E-state index contributed by atoms with van der Waals surface area (Å²) in [6, 6.07) is 2.68. The summed E-state index contributed by atoms with van der Waals surface area (Å²) in [6.45, 7) is 0. The number of nitrogens with two attached hydrogens (primary N) is 1. The molecule has 0 saturated heterocycles. The normalized spacial score (nSPS) is 12.2. The molecule has 13 heavy (non-hydrogen) atoms. The molecule has 1 rings (SSSR count). The Labute approximate surface area is 84.2 Å². The monoisotopic (exact) mass is 244 g/mol. The van der Waals surface area contributed by atoms with E-state index >= 15 is 0 Å². The number of hydrogen-bond donors (Lipinski definition) is 1. The minimum atomic E-state index is -0.759. The van der Waals surface area contributed by atoms with E-state index in [-0.39, 0.29) is 0 Å². The van der Waals surface area contributed by atoms with Crippen LogP contribution in [0.2, 0.25) is 0 Å². The van der Waals surface area contributed by atoms with Gasteiger partial charge in [0.05, 0.1) is 7.11 Å². The lowest BCUT2D eigenvalue weighted by Gasteiger charge is -2.08. The van der Waals surface area contributed by atoms with Gasteiger partial charge in [0, 0.05) is 6.20 Å². The quantitative estimate of drug-likeness (QED) is 0.624. The number of carbonyl (C=O) groups excluding carboxylic acids is 1. The van der Waals surface area contributed by atoms with E-state index in [2.05, 4.69) is 25.7 Å². The second-order valence-electron chi connectivity index (χ2n) is 2.42. The van der Waals surface area contributed by atoms with E-state index in [0.29, 0.717) is 10.2 Å². The second-order valence-corrected chi connectivity index (χ2v) is 3.23. The van der Waals surface area contributed by atoms with E-state index in [1.165, 1.54) is 13.3 Å². The zero-order valence-electron chi connectivity index (χ0n) is 7.03. The van der Waals surface area contributed by atoms with Crippen molar-refractivity contribution < 1.29 is 9.53 Å². The summed E-state index contributed by atoms with van der Waals surface area (Å²) in [4.78, 5) is 15.0. The Kier molecular flexibility index (Phi) is 3.39. The largest absolute Gasteiger partial charge is 0.468 e. The predicted molar refractivity (Wildman–Crippen MR) is 50.9 cm³/mol. The van der Waals surface area contributed by atoms with Gasteiger partial charge in [-0.15, -0.1) is 0 Å². The minimum Gasteiger partial charge on any atom is -0.468 e. The van der Waals surface area contributed by atoms with Gasteiger partial charge in [-0.3, -0.25) is 4.79 Å². The fraction of sp³-hybridized carbons (Fsp3) is 0.250. The van der Waals surface area contributed by atoms with E-state index < -0.39 is 12.0 Å². The Hall–Kier alpha value is -0.940. The van der Waals surface area contributed by atoms with Gasteiger partial charge < -0.3 is 10.5 Å². The van der Waals surface area contributed by atoms with Crippen LogP contribution >= 0.6 is 15.9 Å². The summed E-state index contributed by atoms with van der Waals surface area (Å²) in [5.41, 5.74) is 6.20. The van der Waals surface area contributed by atoms with Crippen LogP contribution in [0.3, 0.4) is 0 Å². The van der Waals surface area contributed by atoms with Crippen LogP contribution in [-0.4, -0.2) is 18.1 Å². The molecule has 0 aliphatic rings. The topological polar surface area (TPSA) is 65.2 Å². The van der Waals surface area contributed by atoms with Crippen molar-refractivity contribution in [3.8, 4) is 0 Å². The van der Waals surface area contributed by atoms with Crippen molar-refractivity contribution in [1.82, 2.24) is 4.98 Å². The van der Waals surface area contributed by atoms with Gasteiger partial charge in [0.15, 0.2) is 0 Å². The molecule has 1 aromatic heterocycles. The van der Waals surface area contributed by atoms with Gasteiger partial charge in [-0.1, -0.05) is 6.07 Å². The molecular formula is C8H9BrN2O2. The molecule has 0 radical (unpaired) electrons. The highest BCUT2D eigenvalue weighted by atomic mass is 79.9. The molecule has 0 aliphatic heterocycles. The maximum Gasteiger partial charge on any atom is 0.327 e. The van der Waals surface area contributed by atoms with Crippen LogP contribution in [0.15, 0.2) is 22.9 Å². The Balaban J connectivity index is 2.83. The average molecular weight is 245 g/mol. The summed E-state index contributed by atoms with van der Waals surface area (Å²) in [6.07, 6.45) is 1.53. The first-order valence-electron chi connectivity index (χ1n) is 3.60. The molecule has 0 fully saturated rings. The second kappa shape index (κ2) is 4.34. The molecule has 0 amide bonds. The van der Waals surface area contributed by atoms with E-state index in [4.69, 9.17) is 5.73 Å². The molecule has 0 aliphatic carbocycles. The van der Waals surface area contributed by atoms with Crippen LogP contribution in [0.25, 0.3) is 0 Å². The Morgan fingerprint density at radius 1 is 1.69 bits per heavy atom. The maximum atomic E-state index is 11.0. The molecule has 1 heterocycles. The fourth-order valence-electron chi connectivity index (χ4n) is 0.834. The van der Waals surface area contributed by atoms with Crippen LogP contribution in [0, 0.1) is 0 Å². The van der Waals surface area contributed by atoms with Crippen molar-refractivity contribution in [3.63, 3.8) is 0 Å². The highest BCUT2D eigenvalue weighted by Gasteiger charge is 2.15. The maximum absolute atomic E-state index is 11.0. The molecule has 1 aromatic rings. The number of hydrogen-bond acceptors (Lipinski definition) is 4. The summed E-state index contributed by atoms with van der Waals surface area (Å²) in [7, 11) is 1.30. The summed E-state index contributed by atoms with van der Waals surface area (Å²) in [5, 5.41) is 0. The number of aromatic nitrogens is 1. The average Bonchev–Trinajstić information content (AvgIpc) is 2.17. The summed E-state index contributed by atoms with van der Waals surface area (Å²) < 4.78 is 5.20. The number of pyridine rings is 1.